The van der Waals surface area contributed by atoms with Crippen molar-refractivity contribution in [2.24, 2.45) is 0 Å². The molecule has 1 heterocycles. The topological polar surface area (TPSA) is 76.5 Å². The molecule has 14 heavy (non-hydrogen) atoms. The summed E-state index contributed by atoms with van der Waals surface area (Å²) in [6, 6.07) is 0. The number of esters is 1. The summed E-state index contributed by atoms with van der Waals surface area (Å²) in [6.07, 6.45) is 3.83. The van der Waals surface area contributed by atoms with Crippen LogP contribution in [0.4, 0.5) is 0 Å². The first-order valence-electron chi connectivity index (χ1n) is 3.58. The van der Waals surface area contributed by atoms with E-state index in [1.807, 2.05) is 0 Å². The zero-order chi connectivity index (χ0) is 10.6. The number of methoxy groups -OCH3 is 1. The molecular weight excluding hydrogens is 206 g/mol. The minimum absolute atomic E-state index is 0.134. The Labute approximate surface area is 83.7 Å². The van der Waals surface area contributed by atoms with Crippen LogP contribution in [0, 0.1) is 0 Å². The van der Waals surface area contributed by atoms with Crippen LogP contribution in [-0.2, 0) is 9.53 Å². The second kappa shape index (κ2) is 4.52. The third-order valence-electron chi connectivity index (χ3n) is 1.30. The lowest BCUT2D eigenvalue weighted by atomic mass is 10.5. The minimum Gasteiger partial charge on any atom is -0.477 e. The zero-order valence-electron chi connectivity index (χ0n) is 7.26. The number of rotatable bonds is 3. The summed E-state index contributed by atoms with van der Waals surface area (Å²) >= 11 is 0.988. The molecule has 0 fully saturated rings. The maximum absolute atomic E-state index is 10.7. The first-order valence-corrected chi connectivity index (χ1v) is 4.40. The van der Waals surface area contributed by atoms with E-state index >= 15 is 0 Å². The summed E-state index contributed by atoms with van der Waals surface area (Å²) in [7, 11) is 1.26. The van der Waals surface area contributed by atoms with E-state index in [4.69, 9.17) is 5.11 Å². The number of aromatic carboxylic acids is 1. The highest BCUT2D eigenvalue weighted by atomic mass is 32.1. The van der Waals surface area contributed by atoms with E-state index in [0.29, 0.717) is 5.01 Å². The van der Waals surface area contributed by atoms with E-state index in [1.165, 1.54) is 25.5 Å². The summed E-state index contributed by atoms with van der Waals surface area (Å²) < 4.78 is 4.36. The number of carbonyl (C=O) groups excluding carboxylic acids is 1. The van der Waals surface area contributed by atoms with Gasteiger partial charge in [0.2, 0.25) is 0 Å². The zero-order valence-corrected chi connectivity index (χ0v) is 8.08. The molecule has 6 heteroatoms. The molecule has 1 rings (SSSR count). The van der Waals surface area contributed by atoms with Crippen LogP contribution in [0.3, 0.4) is 0 Å². The number of carboxylic acid groups (broad SMARTS) is 1. The highest BCUT2D eigenvalue weighted by Crippen LogP contribution is 2.13. The maximum atomic E-state index is 10.7. The number of nitrogens with zero attached hydrogens (tertiary/aromatic N) is 1. The Morgan fingerprint density at radius 1 is 1.64 bits per heavy atom. The molecule has 1 aromatic rings. The predicted molar refractivity (Wildman–Crippen MR) is 50.1 cm³/mol. The van der Waals surface area contributed by atoms with Crippen LogP contribution in [0.2, 0.25) is 0 Å². The summed E-state index contributed by atoms with van der Waals surface area (Å²) in [5.74, 6) is -1.53. The van der Waals surface area contributed by atoms with Crippen LogP contribution in [0.25, 0.3) is 6.08 Å². The van der Waals surface area contributed by atoms with Crippen molar-refractivity contribution in [2.45, 2.75) is 0 Å². The second-order valence-electron chi connectivity index (χ2n) is 2.22. The lowest BCUT2D eigenvalue weighted by Gasteiger charge is -1.87. The van der Waals surface area contributed by atoms with Gasteiger partial charge in [-0.05, 0) is 6.08 Å². The van der Waals surface area contributed by atoms with Crippen molar-refractivity contribution in [3.8, 4) is 0 Å². The fourth-order valence-electron chi connectivity index (χ4n) is 0.671. The van der Waals surface area contributed by atoms with E-state index in [2.05, 4.69) is 9.72 Å². The summed E-state index contributed by atoms with van der Waals surface area (Å²) in [5.41, 5.74) is 0. The smallest absolute Gasteiger partial charge is 0.347 e. The number of aromatic nitrogens is 1. The predicted octanol–water partition coefficient (Wildman–Crippen LogP) is 1.03. The van der Waals surface area contributed by atoms with E-state index in [0.717, 1.165) is 11.3 Å². The van der Waals surface area contributed by atoms with Gasteiger partial charge >= 0.3 is 11.9 Å². The Morgan fingerprint density at radius 3 is 2.86 bits per heavy atom. The molecule has 0 amide bonds. The van der Waals surface area contributed by atoms with E-state index < -0.39 is 11.9 Å². The van der Waals surface area contributed by atoms with Gasteiger partial charge in [-0.3, -0.25) is 0 Å². The lowest BCUT2D eigenvalue weighted by molar-refractivity contribution is -0.134. The van der Waals surface area contributed by atoms with Gasteiger partial charge < -0.3 is 9.84 Å². The molecule has 0 aliphatic rings. The van der Waals surface area contributed by atoms with Gasteiger partial charge in [0.05, 0.1) is 13.3 Å². The summed E-state index contributed by atoms with van der Waals surface area (Å²) in [5, 5.41) is 9.03. The molecule has 1 aromatic heterocycles. The maximum Gasteiger partial charge on any atom is 0.347 e. The van der Waals surface area contributed by atoms with E-state index in [9.17, 15) is 9.59 Å². The molecule has 74 valence electrons. The van der Waals surface area contributed by atoms with Crippen molar-refractivity contribution in [1.82, 2.24) is 4.98 Å². The SMILES string of the molecule is COC(=O)C=Cc1ncc(C(=O)O)s1. The summed E-state index contributed by atoms with van der Waals surface area (Å²) in [6.45, 7) is 0. The van der Waals surface area contributed by atoms with Crippen LogP contribution in [0.15, 0.2) is 12.3 Å². The molecular formula is C8H7NO4S. The molecule has 0 bridgehead atoms. The summed E-state index contributed by atoms with van der Waals surface area (Å²) in [4.78, 5) is 25.1. The Bertz CT molecular complexity index is 382. The number of carbonyl (C=O) groups is 2. The Hall–Kier alpha value is -1.69. The molecule has 0 aromatic carbocycles. The molecule has 0 unspecified atom stereocenters. The molecule has 0 aliphatic heterocycles. The van der Waals surface area contributed by atoms with Crippen molar-refractivity contribution in [3.63, 3.8) is 0 Å². The minimum atomic E-state index is -1.03. The van der Waals surface area contributed by atoms with Crippen LogP contribution in [-0.4, -0.2) is 29.1 Å². The molecule has 5 nitrogen and oxygen atoms in total. The Kier molecular flexibility index (Phi) is 3.35. The Balaban J connectivity index is 2.73. The third kappa shape index (κ3) is 2.67. The molecule has 1 N–H and O–H groups in total. The molecule has 0 radical (unpaired) electrons. The fourth-order valence-corrected chi connectivity index (χ4v) is 1.33. The van der Waals surface area contributed by atoms with Gasteiger partial charge in [-0.15, -0.1) is 11.3 Å². The second-order valence-corrected chi connectivity index (χ2v) is 3.29. The molecule has 0 saturated carbocycles. The third-order valence-corrected chi connectivity index (χ3v) is 2.25. The van der Waals surface area contributed by atoms with Crippen LogP contribution >= 0.6 is 11.3 Å². The normalized spacial score (nSPS) is 10.4. The van der Waals surface area contributed by atoms with Crippen LogP contribution in [0.5, 0.6) is 0 Å². The molecule has 0 saturated heterocycles. The van der Waals surface area contributed by atoms with Gasteiger partial charge in [-0.25, -0.2) is 14.6 Å². The quantitative estimate of drug-likeness (QED) is 0.599. The van der Waals surface area contributed by atoms with E-state index in [-0.39, 0.29) is 4.88 Å². The van der Waals surface area contributed by atoms with Crippen molar-refractivity contribution < 1.29 is 19.4 Å². The average Bonchev–Trinajstić information content (AvgIpc) is 2.62. The van der Waals surface area contributed by atoms with Crippen molar-refractivity contribution in [2.75, 3.05) is 7.11 Å². The van der Waals surface area contributed by atoms with Crippen molar-refractivity contribution in [3.05, 3.63) is 22.2 Å². The van der Waals surface area contributed by atoms with Gasteiger partial charge in [0.15, 0.2) is 0 Å². The van der Waals surface area contributed by atoms with Gasteiger partial charge in [0, 0.05) is 6.08 Å². The highest BCUT2D eigenvalue weighted by Gasteiger charge is 2.06. The lowest BCUT2D eigenvalue weighted by Crippen LogP contribution is -1.92. The number of hydrogen-bond donors (Lipinski definition) is 1. The fraction of sp³-hybridized carbons (Fsp3) is 0.125. The van der Waals surface area contributed by atoms with E-state index in [1.54, 1.807) is 0 Å². The number of ether oxygens (including phenoxy) is 1. The first kappa shape index (κ1) is 10.4. The van der Waals surface area contributed by atoms with Gasteiger partial charge in [0.1, 0.15) is 9.88 Å². The first-order chi connectivity index (χ1) is 6.63. The standard InChI is InChI=1S/C8H7NO4S/c1-13-7(10)3-2-6-9-4-5(14-6)8(11)12/h2-4H,1H3,(H,11,12). The highest BCUT2D eigenvalue weighted by molar-refractivity contribution is 7.14. The molecule has 0 atom stereocenters. The number of hydrogen-bond acceptors (Lipinski definition) is 5. The van der Waals surface area contributed by atoms with Gasteiger partial charge in [0.25, 0.3) is 0 Å². The van der Waals surface area contributed by atoms with Crippen molar-refractivity contribution in [1.29, 1.82) is 0 Å². The van der Waals surface area contributed by atoms with Gasteiger partial charge in [-0.2, -0.15) is 0 Å². The van der Waals surface area contributed by atoms with Gasteiger partial charge in [-0.1, -0.05) is 0 Å². The number of thiazole rings is 1. The van der Waals surface area contributed by atoms with Crippen LogP contribution < -0.4 is 0 Å². The number of carboxylic acids is 1. The molecule has 0 spiro atoms. The van der Waals surface area contributed by atoms with Crippen molar-refractivity contribution >= 4 is 29.4 Å². The van der Waals surface area contributed by atoms with Crippen LogP contribution in [0.1, 0.15) is 14.7 Å². The molecule has 0 aliphatic carbocycles. The largest absolute Gasteiger partial charge is 0.477 e. The Morgan fingerprint density at radius 2 is 2.36 bits per heavy atom. The monoisotopic (exact) mass is 213 g/mol. The average molecular weight is 213 g/mol.